The Hall–Kier alpha value is -0.530. The third-order valence-electron chi connectivity index (χ3n) is 0.674. The van der Waals surface area contributed by atoms with Gasteiger partial charge in [0.1, 0.15) is 0 Å². The van der Waals surface area contributed by atoms with E-state index in [0.717, 1.165) is 0 Å². The predicted molar refractivity (Wildman–Crippen MR) is 26.0 cm³/mol. The molecule has 0 aromatic rings. The normalized spacial score (nSPS) is 29.3. The topological polar surface area (TPSA) is 24.4 Å². The van der Waals surface area contributed by atoms with E-state index in [0.29, 0.717) is 13.1 Å². The van der Waals surface area contributed by atoms with Crippen LogP contribution in [0.4, 0.5) is 0 Å². The second-order valence-electron chi connectivity index (χ2n) is 1.16. The molecule has 0 saturated carbocycles. The lowest BCUT2D eigenvalue weighted by atomic mass is 10.7. The van der Waals surface area contributed by atoms with Crippen molar-refractivity contribution in [2.75, 3.05) is 13.1 Å². The molecule has 1 N–H and O–H groups in total. The van der Waals surface area contributed by atoms with Gasteiger partial charge in [-0.15, -0.1) is 0 Å². The van der Waals surface area contributed by atoms with E-state index in [1.165, 1.54) is 0 Å². The van der Waals surface area contributed by atoms with Crippen LogP contribution >= 0.6 is 0 Å². The molecule has 34 valence electrons. The fourth-order valence-electron chi connectivity index (χ4n) is 0.398. The molecule has 2 nitrogen and oxygen atoms in total. The van der Waals surface area contributed by atoms with Crippen LogP contribution in [-0.4, -0.2) is 18.9 Å². The van der Waals surface area contributed by atoms with Crippen LogP contribution in [0, 0.1) is 0 Å². The van der Waals surface area contributed by atoms with Crippen LogP contribution < -0.4 is 5.32 Å². The lowest BCUT2D eigenvalue weighted by Gasteiger charge is -1.85. The van der Waals surface area contributed by atoms with E-state index in [-0.39, 0.29) is 5.84 Å². The van der Waals surface area contributed by atoms with E-state index in [1.54, 1.807) is 0 Å². The van der Waals surface area contributed by atoms with Gasteiger partial charge in [0.05, 0.1) is 12.4 Å². The summed E-state index contributed by atoms with van der Waals surface area (Å²) in [5.41, 5.74) is 0. The first-order chi connectivity index (χ1) is 4.11. The van der Waals surface area contributed by atoms with Gasteiger partial charge in [-0.05, 0) is 6.85 Å². The number of rotatable bonds is 0. The highest BCUT2D eigenvalue weighted by atomic mass is 15.0. The van der Waals surface area contributed by atoms with E-state index in [9.17, 15) is 0 Å². The van der Waals surface area contributed by atoms with Crippen LogP contribution in [0.15, 0.2) is 4.99 Å². The number of hydrogen-bond acceptors (Lipinski definition) is 2. The Bertz CT molecular complexity index is 137. The van der Waals surface area contributed by atoms with Crippen LogP contribution in [0.5, 0.6) is 0 Å². The second kappa shape index (κ2) is 1.29. The van der Waals surface area contributed by atoms with Crippen molar-refractivity contribution in [1.82, 2.24) is 5.32 Å². The highest BCUT2D eigenvalue weighted by Crippen LogP contribution is 1.79. The number of nitrogens with zero attached hydrogens (tertiary/aromatic N) is 1. The molecular formula is C4H8N2. The van der Waals surface area contributed by atoms with Gasteiger partial charge in [-0.3, -0.25) is 4.99 Å². The van der Waals surface area contributed by atoms with Crippen molar-refractivity contribution < 1.29 is 4.11 Å². The molecule has 0 spiro atoms. The Balaban J connectivity index is 2.61. The minimum absolute atomic E-state index is 0.155. The van der Waals surface area contributed by atoms with Gasteiger partial charge in [-0.1, -0.05) is 0 Å². The van der Waals surface area contributed by atoms with Crippen molar-refractivity contribution >= 4 is 5.84 Å². The Labute approximate surface area is 41.5 Å². The summed E-state index contributed by atoms with van der Waals surface area (Å²) in [5.74, 6) is 0.155. The number of hydrogen-bond donors (Lipinski definition) is 1. The summed E-state index contributed by atoms with van der Waals surface area (Å²) in [6.45, 7) is -0.780. The maximum absolute atomic E-state index is 6.87. The van der Waals surface area contributed by atoms with Crippen LogP contribution in [0.2, 0.25) is 0 Å². The zero-order valence-electron chi connectivity index (χ0n) is 6.36. The average molecular weight is 87.1 g/mol. The third kappa shape index (κ3) is 0.506. The molecule has 1 aliphatic heterocycles. The zero-order valence-corrected chi connectivity index (χ0v) is 3.36. The van der Waals surface area contributed by atoms with E-state index in [1.807, 2.05) is 0 Å². The van der Waals surface area contributed by atoms with Crippen molar-refractivity contribution in [3.8, 4) is 0 Å². The molecule has 2 heteroatoms. The van der Waals surface area contributed by atoms with Crippen molar-refractivity contribution in [2.45, 2.75) is 6.85 Å². The minimum Gasteiger partial charge on any atom is -0.372 e. The lowest BCUT2D eigenvalue weighted by Crippen LogP contribution is -2.13. The molecule has 0 atom stereocenters. The molecule has 0 unspecified atom stereocenters. The molecule has 0 aromatic carbocycles. The fraction of sp³-hybridized carbons (Fsp3) is 0.750. The van der Waals surface area contributed by atoms with E-state index >= 15 is 0 Å². The fourth-order valence-corrected chi connectivity index (χ4v) is 0.398. The van der Waals surface area contributed by atoms with Crippen molar-refractivity contribution in [3.63, 3.8) is 0 Å². The molecule has 0 aliphatic carbocycles. The summed E-state index contributed by atoms with van der Waals surface area (Å²) < 4.78 is 20.6. The Morgan fingerprint density at radius 2 is 3.17 bits per heavy atom. The van der Waals surface area contributed by atoms with Gasteiger partial charge in [-0.2, -0.15) is 0 Å². The molecule has 0 aromatic heterocycles. The van der Waals surface area contributed by atoms with E-state index in [2.05, 4.69) is 10.3 Å². The number of aliphatic imine (C=N–C) groups is 1. The molecule has 1 aliphatic rings. The third-order valence-corrected chi connectivity index (χ3v) is 0.674. The summed E-state index contributed by atoms with van der Waals surface area (Å²) in [4.78, 5) is 3.75. The second-order valence-corrected chi connectivity index (χ2v) is 1.16. The first kappa shape index (κ1) is 1.52. The van der Waals surface area contributed by atoms with Gasteiger partial charge in [0.2, 0.25) is 0 Å². The van der Waals surface area contributed by atoms with Gasteiger partial charge >= 0.3 is 0 Å². The molecule has 6 heavy (non-hydrogen) atoms. The first-order valence-corrected chi connectivity index (χ1v) is 1.89. The van der Waals surface area contributed by atoms with Crippen molar-refractivity contribution in [1.29, 1.82) is 0 Å². The molecule has 0 fully saturated rings. The van der Waals surface area contributed by atoms with Gasteiger partial charge in [0, 0.05) is 10.7 Å². The minimum atomic E-state index is -2.03. The molecule has 0 amide bonds. The van der Waals surface area contributed by atoms with Crippen molar-refractivity contribution in [2.24, 2.45) is 4.99 Å². The summed E-state index contributed by atoms with van der Waals surface area (Å²) >= 11 is 0. The van der Waals surface area contributed by atoms with Crippen LogP contribution in [0.25, 0.3) is 0 Å². The highest BCUT2D eigenvalue weighted by molar-refractivity contribution is 5.80. The molecule has 0 saturated heterocycles. The van der Waals surface area contributed by atoms with Crippen LogP contribution in [0.3, 0.4) is 0 Å². The smallest absolute Gasteiger partial charge is 0.0933 e. The first-order valence-electron chi connectivity index (χ1n) is 3.39. The molecule has 0 radical (unpaired) electrons. The van der Waals surface area contributed by atoms with Gasteiger partial charge in [-0.25, -0.2) is 0 Å². The standard InChI is InChI=1S/C4H8N2/c1-4-5-2-3-6-4/h2-3H2,1H3,(H,5,6)/i1D3. The summed E-state index contributed by atoms with van der Waals surface area (Å²) in [6, 6.07) is 0. The summed E-state index contributed by atoms with van der Waals surface area (Å²) in [7, 11) is 0. The summed E-state index contributed by atoms with van der Waals surface area (Å²) in [5, 5.41) is 2.68. The van der Waals surface area contributed by atoms with Gasteiger partial charge in [0.15, 0.2) is 0 Å². The Kier molecular flexibility index (Phi) is 0.326. The largest absolute Gasteiger partial charge is 0.372 e. The maximum atomic E-state index is 6.87. The average Bonchev–Trinajstić information content (AvgIpc) is 2.08. The van der Waals surface area contributed by atoms with Crippen LogP contribution in [0.1, 0.15) is 11.0 Å². The molecule has 1 rings (SSSR count). The molecule has 1 heterocycles. The van der Waals surface area contributed by atoms with Crippen molar-refractivity contribution in [3.05, 3.63) is 0 Å². The van der Waals surface area contributed by atoms with E-state index < -0.39 is 6.85 Å². The Morgan fingerprint density at radius 3 is 3.50 bits per heavy atom. The van der Waals surface area contributed by atoms with Gasteiger partial charge in [0.25, 0.3) is 0 Å². The SMILES string of the molecule is [2H]C([2H])([2H])C1=NCCN1. The monoisotopic (exact) mass is 87.1 g/mol. The van der Waals surface area contributed by atoms with Gasteiger partial charge < -0.3 is 5.32 Å². The van der Waals surface area contributed by atoms with E-state index in [4.69, 9.17) is 4.11 Å². The predicted octanol–water partition coefficient (Wildman–Crippen LogP) is 0.00800. The van der Waals surface area contributed by atoms with Crippen LogP contribution in [-0.2, 0) is 0 Å². The molecular weight excluding hydrogens is 76.1 g/mol. The number of nitrogens with one attached hydrogen (secondary N) is 1. The number of amidine groups is 1. The lowest BCUT2D eigenvalue weighted by molar-refractivity contribution is 0.958. The quantitative estimate of drug-likeness (QED) is 0.442. The zero-order chi connectivity index (χ0) is 6.91. The highest BCUT2D eigenvalue weighted by Gasteiger charge is 1.93. The summed E-state index contributed by atoms with van der Waals surface area (Å²) in [6.07, 6.45) is 0. The Morgan fingerprint density at radius 1 is 2.17 bits per heavy atom. The maximum Gasteiger partial charge on any atom is 0.0933 e. The molecule has 0 bridgehead atoms.